The third-order valence-corrected chi connectivity index (χ3v) is 4.35. The molecule has 0 heterocycles. The Balaban J connectivity index is 2.53. The van der Waals surface area contributed by atoms with Crippen molar-refractivity contribution in [3.05, 3.63) is 61.5 Å². The van der Waals surface area contributed by atoms with Gasteiger partial charge in [0.05, 0.1) is 18.2 Å². The Morgan fingerprint density at radius 1 is 1.10 bits per heavy atom. The maximum Gasteiger partial charge on any atom is 0.138 e. The van der Waals surface area contributed by atoms with E-state index in [2.05, 4.69) is 46.4 Å². The lowest BCUT2D eigenvalue weighted by Gasteiger charge is -2.20. The van der Waals surface area contributed by atoms with Gasteiger partial charge in [0.25, 0.3) is 0 Å². The maximum atomic E-state index is 6.39. The van der Waals surface area contributed by atoms with Crippen LogP contribution in [0.4, 0.5) is 0 Å². The van der Waals surface area contributed by atoms with Crippen LogP contribution in [0, 0.1) is 6.92 Å². The molecule has 0 radical (unpaired) electrons. The average molecular weight is 389 g/mol. The number of ether oxygens (including phenoxy) is 1. The molecule has 0 aromatic heterocycles. The van der Waals surface area contributed by atoms with Crippen molar-refractivity contribution in [3.63, 3.8) is 0 Å². The van der Waals surface area contributed by atoms with Gasteiger partial charge in [-0.3, -0.25) is 0 Å². The molecule has 2 nitrogen and oxygen atoms in total. The van der Waals surface area contributed by atoms with Crippen molar-refractivity contribution in [2.45, 2.75) is 13.0 Å². The summed E-state index contributed by atoms with van der Waals surface area (Å²) in [6, 6.07) is 9.81. The molecule has 0 aliphatic carbocycles. The van der Waals surface area contributed by atoms with Crippen LogP contribution < -0.4 is 10.1 Å². The fraction of sp³-hybridized carbons (Fsp3) is 0.250. The molecule has 0 saturated heterocycles. The van der Waals surface area contributed by atoms with Gasteiger partial charge in [0.2, 0.25) is 0 Å². The van der Waals surface area contributed by atoms with Gasteiger partial charge in [-0.2, -0.15) is 0 Å². The number of aryl methyl sites for hydroxylation is 1. The van der Waals surface area contributed by atoms with E-state index in [0.29, 0.717) is 15.8 Å². The predicted molar refractivity (Wildman–Crippen MR) is 92.8 cm³/mol. The molecule has 5 heteroatoms. The summed E-state index contributed by atoms with van der Waals surface area (Å²) in [6.07, 6.45) is 0. The highest BCUT2D eigenvalue weighted by molar-refractivity contribution is 9.10. The molecular formula is C16H16BrCl2NO. The molecule has 0 saturated carbocycles. The summed E-state index contributed by atoms with van der Waals surface area (Å²) in [5, 5.41) is 4.45. The van der Waals surface area contributed by atoms with Gasteiger partial charge in [-0.1, -0.05) is 45.2 Å². The van der Waals surface area contributed by atoms with E-state index in [1.807, 2.05) is 13.1 Å². The van der Waals surface area contributed by atoms with Crippen molar-refractivity contribution in [2.75, 3.05) is 14.2 Å². The van der Waals surface area contributed by atoms with E-state index in [1.165, 1.54) is 5.56 Å². The second-order valence-corrected chi connectivity index (χ2v) is 6.52. The molecule has 112 valence electrons. The summed E-state index contributed by atoms with van der Waals surface area (Å²) >= 11 is 16.2. The molecule has 0 aliphatic rings. The summed E-state index contributed by atoms with van der Waals surface area (Å²) in [4.78, 5) is 0. The first-order valence-electron chi connectivity index (χ1n) is 6.43. The highest BCUT2D eigenvalue weighted by Gasteiger charge is 2.18. The number of hydrogen-bond donors (Lipinski definition) is 1. The molecule has 2 aromatic rings. The Bertz CT molecular complexity index is 641. The lowest BCUT2D eigenvalue weighted by atomic mass is 9.97. The SMILES string of the molecule is CNC(c1cc(C)cc(Br)c1)c1cc(Cl)c(OC)cc1Cl. The fourth-order valence-electron chi connectivity index (χ4n) is 2.35. The van der Waals surface area contributed by atoms with Gasteiger partial charge < -0.3 is 10.1 Å². The van der Waals surface area contributed by atoms with Crippen molar-refractivity contribution in [2.24, 2.45) is 0 Å². The van der Waals surface area contributed by atoms with Crippen LogP contribution in [0.5, 0.6) is 5.75 Å². The number of benzene rings is 2. The van der Waals surface area contributed by atoms with Gasteiger partial charge >= 0.3 is 0 Å². The van der Waals surface area contributed by atoms with Gasteiger partial charge in [-0.05, 0) is 48.9 Å². The lowest BCUT2D eigenvalue weighted by Crippen LogP contribution is -2.18. The molecule has 2 aromatic carbocycles. The van der Waals surface area contributed by atoms with Crippen molar-refractivity contribution < 1.29 is 4.74 Å². The van der Waals surface area contributed by atoms with Gasteiger partial charge in [0.1, 0.15) is 5.75 Å². The molecule has 0 fully saturated rings. The minimum atomic E-state index is -0.0443. The second-order valence-electron chi connectivity index (χ2n) is 4.79. The van der Waals surface area contributed by atoms with Crippen molar-refractivity contribution in [1.82, 2.24) is 5.32 Å². The lowest BCUT2D eigenvalue weighted by molar-refractivity contribution is 0.415. The van der Waals surface area contributed by atoms with E-state index in [1.54, 1.807) is 13.2 Å². The highest BCUT2D eigenvalue weighted by Crippen LogP contribution is 2.36. The van der Waals surface area contributed by atoms with Crippen LogP contribution in [0.3, 0.4) is 0 Å². The van der Waals surface area contributed by atoms with Crippen LogP contribution >= 0.6 is 39.1 Å². The van der Waals surface area contributed by atoms with Gasteiger partial charge in [0, 0.05) is 15.6 Å². The Morgan fingerprint density at radius 3 is 2.38 bits per heavy atom. The Kier molecular flexibility index (Phi) is 5.55. The van der Waals surface area contributed by atoms with E-state index in [0.717, 1.165) is 15.6 Å². The van der Waals surface area contributed by atoms with Crippen LogP contribution in [0.1, 0.15) is 22.7 Å². The van der Waals surface area contributed by atoms with Crippen LogP contribution in [0.15, 0.2) is 34.8 Å². The number of hydrogen-bond acceptors (Lipinski definition) is 2. The highest BCUT2D eigenvalue weighted by atomic mass is 79.9. The molecule has 0 aliphatic heterocycles. The van der Waals surface area contributed by atoms with E-state index in [-0.39, 0.29) is 6.04 Å². The molecule has 2 rings (SSSR count). The monoisotopic (exact) mass is 387 g/mol. The molecule has 1 unspecified atom stereocenters. The molecule has 0 bridgehead atoms. The third-order valence-electron chi connectivity index (χ3n) is 3.27. The summed E-state index contributed by atoms with van der Waals surface area (Å²) < 4.78 is 6.23. The Hall–Kier alpha value is -0.740. The van der Waals surface area contributed by atoms with E-state index >= 15 is 0 Å². The van der Waals surface area contributed by atoms with Gasteiger partial charge in [0.15, 0.2) is 0 Å². The largest absolute Gasteiger partial charge is 0.495 e. The zero-order chi connectivity index (χ0) is 15.6. The van der Waals surface area contributed by atoms with Crippen LogP contribution in [-0.4, -0.2) is 14.2 Å². The second kappa shape index (κ2) is 7.01. The number of nitrogens with one attached hydrogen (secondary N) is 1. The standard InChI is InChI=1S/C16H16BrCl2NO/c1-9-4-10(6-11(17)5-9)16(20-2)12-7-14(19)15(21-3)8-13(12)18/h4-8,16,20H,1-3H3. The van der Waals surface area contributed by atoms with E-state index in [4.69, 9.17) is 27.9 Å². The zero-order valence-corrected chi connectivity index (χ0v) is 15.1. The number of halogens is 3. The van der Waals surface area contributed by atoms with Gasteiger partial charge in [-0.15, -0.1) is 0 Å². The first kappa shape index (κ1) is 16.6. The molecular weight excluding hydrogens is 373 g/mol. The summed E-state index contributed by atoms with van der Waals surface area (Å²) in [5.41, 5.74) is 3.21. The average Bonchev–Trinajstić information content (AvgIpc) is 2.42. The van der Waals surface area contributed by atoms with Gasteiger partial charge in [-0.25, -0.2) is 0 Å². The normalized spacial score (nSPS) is 12.3. The Labute approximate surface area is 143 Å². The topological polar surface area (TPSA) is 21.3 Å². The number of rotatable bonds is 4. The summed E-state index contributed by atoms with van der Waals surface area (Å²) in [7, 11) is 3.47. The molecule has 0 amide bonds. The van der Waals surface area contributed by atoms with Crippen molar-refractivity contribution >= 4 is 39.1 Å². The minimum absolute atomic E-state index is 0.0443. The molecule has 21 heavy (non-hydrogen) atoms. The first-order chi connectivity index (χ1) is 9.96. The van der Waals surface area contributed by atoms with E-state index < -0.39 is 0 Å². The first-order valence-corrected chi connectivity index (χ1v) is 7.98. The smallest absolute Gasteiger partial charge is 0.138 e. The summed E-state index contributed by atoms with van der Waals surface area (Å²) in [5.74, 6) is 0.575. The molecule has 1 N–H and O–H groups in total. The third kappa shape index (κ3) is 3.72. The van der Waals surface area contributed by atoms with Crippen LogP contribution in [0.2, 0.25) is 10.0 Å². The Morgan fingerprint density at radius 2 is 1.81 bits per heavy atom. The molecule has 0 spiro atoms. The maximum absolute atomic E-state index is 6.39. The van der Waals surface area contributed by atoms with Crippen LogP contribution in [-0.2, 0) is 0 Å². The predicted octanol–water partition coefficient (Wildman–Crippen LogP) is 5.38. The molecule has 1 atom stereocenters. The van der Waals surface area contributed by atoms with Crippen LogP contribution in [0.25, 0.3) is 0 Å². The quantitative estimate of drug-likeness (QED) is 0.758. The van der Waals surface area contributed by atoms with Crippen molar-refractivity contribution in [3.8, 4) is 5.75 Å². The van der Waals surface area contributed by atoms with Crippen molar-refractivity contribution in [1.29, 1.82) is 0 Å². The summed E-state index contributed by atoms with van der Waals surface area (Å²) in [6.45, 7) is 2.06. The van der Waals surface area contributed by atoms with E-state index in [9.17, 15) is 0 Å². The fourth-order valence-corrected chi connectivity index (χ4v) is 3.49. The zero-order valence-electron chi connectivity index (χ0n) is 12.0. The minimum Gasteiger partial charge on any atom is -0.495 e. The number of methoxy groups -OCH3 is 1.